The third kappa shape index (κ3) is 11.7. The minimum Gasteiger partial charge on any atom is -0.462 e. The second kappa shape index (κ2) is 15.3. The molecule has 1 saturated heterocycles. The number of ether oxygens (including phenoxy) is 5. The number of hydrogen-bond acceptors (Lipinski definition) is 12. The van der Waals surface area contributed by atoms with Crippen LogP contribution >= 0.6 is 8.60 Å². The lowest BCUT2D eigenvalue weighted by Gasteiger charge is -2.45. The van der Waals surface area contributed by atoms with Gasteiger partial charge in [-0.15, -0.1) is 0 Å². The Kier molecular flexibility index (Phi) is 14.6. The predicted molar refractivity (Wildman–Crippen MR) is 155 cm³/mol. The van der Waals surface area contributed by atoms with E-state index >= 15 is 0 Å². The first-order valence-corrected chi connectivity index (χ1v) is 14.5. The first-order valence-electron chi connectivity index (χ1n) is 13.4. The molecule has 3 radical (unpaired) electrons. The van der Waals surface area contributed by atoms with Crippen molar-refractivity contribution >= 4 is 40.9 Å². The third-order valence-electron chi connectivity index (χ3n) is 5.64. The summed E-state index contributed by atoms with van der Waals surface area (Å²) in [6.45, 7) is 19.5. The van der Waals surface area contributed by atoms with E-state index in [-0.39, 0.29) is 15.0 Å². The summed E-state index contributed by atoms with van der Waals surface area (Å²) in [4.78, 5) is 52.1. The highest BCUT2D eigenvalue weighted by Gasteiger charge is 2.55. The van der Waals surface area contributed by atoms with Gasteiger partial charge >= 0.3 is 32.5 Å². The average molecular weight is 619 g/mol. The summed E-state index contributed by atoms with van der Waals surface area (Å²) in [5.41, 5.74) is -3.75. The molecule has 0 bridgehead atoms. The standard InChI is InChI=1S/C28H49O12P.B/c1-25(2,3)21(29)35-15-16-17(37-22(30)26(4,5)6)18(38-23(31)27(7,8)9)19(39-24(32)28(10,11)12)20(36-16)40-41(33-13)34-14;/h16-20H,15H2,1-14H3;/t16-,17-,18+,19-,20+;/m1./s1. The maximum atomic E-state index is 13.2. The fraction of sp³-hybridized carbons (Fsp3) is 0.857. The highest BCUT2D eigenvalue weighted by Crippen LogP contribution is 2.43. The Balaban J connectivity index is 0.0000168. The zero-order valence-corrected chi connectivity index (χ0v) is 28.4. The molecule has 241 valence electrons. The van der Waals surface area contributed by atoms with E-state index in [9.17, 15) is 19.2 Å². The summed E-state index contributed by atoms with van der Waals surface area (Å²) in [6, 6.07) is 0. The van der Waals surface area contributed by atoms with Gasteiger partial charge in [-0.3, -0.25) is 23.7 Å². The van der Waals surface area contributed by atoms with Crippen LogP contribution in [0.15, 0.2) is 0 Å². The molecule has 42 heavy (non-hydrogen) atoms. The van der Waals surface area contributed by atoms with Crippen molar-refractivity contribution in [2.75, 3.05) is 20.8 Å². The fourth-order valence-corrected chi connectivity index (χ4v) is 3.68. The molecular weight excluding hydrogens is 570 g/mol. The molecule has 0 aromatic rings. The number of esters is 4. The van der Waals surface area contributed by atoms with Crippen LogP contribution in [-0.4, -0.2) is 83.8 Å². The third-order valence-corrected chi connectivity index (χ3v) is 6.61. The van der Waals surface area contributed by atoms with Gasteiger partial charge in [0.25, 0.3) is 0 Å². The lowest BCUT2D eigenvalue weighted by molar-refractivity contribution is -0.295. The summed E-state index contributed by atoms with van der Waals surface area (Å²) in [6.07, 6.45) is -6.80. The van der Waals surface area contributed by atoms with E-state index in [1.807, 2.05) is 0 Å². The molecule has 1 aliphatic heterocycles. The van der Waals surface area contributed by atoms with Crippen molar-refractivity contribution < 1.29 is 56.4 Å². The molecule has 0 unspecified atom stereocenters. The maximum absolute atomic E-state index is 13.2. The van der Waals surface area contributed by atoms with Crippen LogP contribution in [0.2, 0.25) is 0 Å². The quantitative estimate of drug-likeness (QED) is 0.157. The topological polar surface area (TPSA) is 142 Å². The molecule has 5 atom stereocenters. The Hall–Kier alpha value is -1.79. The number of rotatable bonds is 9. The molecule has 0 aliphatic carbocycles. The zero-order valence-electron chi connectivity index (χ0n) is 27.5. The fourth-order valence-electron chi connectivity index (χ4n) is 3.02. The van der Waals surface area contributed by atoms with Crippen LogP contribution in [0.5, 0.6) is 0 Å². The van der Waals surface area contributed by atoms with Crippen molar-refractivity contribution in [1.82, 2.24) is 0 Å². The molecule has 0 N–H and O–H groups in total. The Bertz CT molecular complexity index is 925. The van der Waals surface area contributed by atoms with Gasteiger partial charge in [0.15, 0.2) is 18.3 Å². The molecule has 14 heteroatoms. The second-order valence-electron chi connectivity index (χ2n) is 13.9. The first-order chi connectivity index (χ1) is 18.4. The van der Waals surface area contributed by atoms with Crippen molar-refractivity contribution in [2.24, 2.45) is 21.7 Å². The van der Waals surface area contributed by atoms with E-state index in [1.165, 1.54) is 14.2 Å². The molecule has 1 fully saturated rings. The minimum absolute atomic E-state index is 0. The predicted octanol–water partition coefficient (Wildman–Crippen LogP) is 4.33. The summed E-state index contributed by atoms with van der Waals surface area (Å²) < 4.78 is 45.7. The smallest absolute Gasteiger partial charge is 0.334 e. The minimum atomic E-state index is -2.00. The van der Waals surface area contributed by atoms with Gasteiger partial charge < -0.3 is 32.7 Å². The van der Waals surface area contributed by atoms with Crippen LogP contribution in [0.3, 0.4) is 0 Å². The second-order valence-corrected chi connectivity index (χ2v) is 15.3. The monoisotopic (exact) mass is 619 g/mol. The lowest BCUT2D eigenvalue weighted by Crippen LogP contribution is -2.64. The maximum Gasteiger partial charge on any atom is 0.334 e. The van der Waals surface area contributed by atoms with Crippen molar-refractivity contribution in [2.45, 2.75) is 114 Å². The van der Waals surface area contributed by atoms with E-state index in [1.54, 1.807) is 83.1 Å². The van der Waals surface area contributed by atoms with Crippen molar-refractivity contribution in [3.63, 3.8) is 0 Å². The molecule has 0 spiro atoms. The largest absolute Gasteiger partial charge is 0.462 e. The molecule has 0 saturated carbocycles. The van der Waals surface area contributed by atoms with Gasteiger partial charge in [-0.25, -0.2) is 0 Å². The van der Waals surface area contributed by atoms with Gasteiger partial charge in [0.2, 0.25) is 6.29 Å². The Labute approximate surface area is 253 Å². The van der Waals surface area contributed by atoms with Gasteiger partial charge in [-0.2, -0.15) is 0 Å². The SMILES string of the molecule is COP(OC)O[C@@H]1O[C@H](COC(=O)C(C)(C)C)[C@@H](OC(=O)C(C)(C)C)[C@H](OC(=O)C(C)(C)C)[C@H]1OC(=O)C(C)(C)C.[B]. The van der Waals surface area contributed by atoms with E-state index in [0.717, 1.165) is 0 Å². The van der Waals surface area contributed by atoms with Crippen molar-refractivity contribution in [3.8, 4) is 0 Å². The molecule has 1 aliphatic rings. The molecule has 0 aromatic heterocycles. The number of carbonyl (C=O) groups excluding carboxylic acids is 4. The van der Waals surface area contributed by atoms with Crippen molar-refractivity contribution in [1.29, 1.82) is 0 Å². The van der Waals surface area contributed by atoms with Gasteiger partial charge in [-0.1, -0.05) is 0 Å². The molecule has 1 rings (SSSR count). The van der Waals surface area contributed by atoms with Gasteiger partial charge in [-0.05, 0) is 83.1 Å². The van der Waals surface area contributed by atoms with E-state index in [2.05, 4.69) is 0 Å². The number of carbonyl (C=O) groups is 4. The highest BCUT2D eigenvalue weighted by atomic mass is 31.2. The van der Waals surface area contributed by atoms with Gasteiger partial charge in [0.1, 0.15) is 12.7 Å². The summed E-state index contributed by atoms with van der Waals surface area (Å²) >= 11 is 0. The first kappa shape index (κ1) is 40.2. The highest BCUT2D eigenvalue weighted by molar-refractivity contribution is 7.41. The Morgan fingerprint density at radius 3 is 1.31 bits per heavy atom. The Morgan fingerprint density at radius 2 is 0.952 bits per heavy atom. The van der Waals surface area contributed by atoms with Crippen molar-refractivity contribution in [3.05, 3.63) is 0 Å². The van der Waals surface area contributed by atoms with Gasteiger partial charge in [0.05, 0.1) is 21.7 Å². The summed E-state index contributed by atoms with van der Waals surface area (Å²) in [5.74, 6) is -2.51. The van der Waals surface area contributed by atoms with Gasteiger partial charge in [0, 0.05) is 22.6 Å². The zero-order chi connectivity index (χ0) is 32.1. The van der Waals surface area contributed by atoms with Crippen LogP contribution in [0.4, 0.5) is 0 Å². The molecule has 0 amide bonds. The molecule has 12 nitrogen and oxygen atoms in total. The van der Waals surface area contributed by atoms with Crippen LogP contribution in [0.25, 0.3) is 0 Å². The normalized spacial score (nSPS) is 23.5. The molecule has 0 aromatic carbocycles. The Morgan fingerprint density at radius 1 is 0.595 bits per heavy atom. The van der Waals surface area contributed by atoms with Crippen LogP contribution in [0, 0.1) is 21.7 Å². The molecular formula is C28H49BO12P. The van der Waals surface area contributed by atoms with Crippen LogP contribution in [0.1, 0.15) is 83.1 Å². The summed E-state index contributed by atoms with van der Waals surface area (Å²) in [7, 11) is 0.696. The van der Waals surface area contributed by atoms with E-state index in [4.69, 9.17) is 37.3 Å². The average Bonchev–Trinajstić information content (AvgIpc) is 2.81. The lowest BCUT2D eigenvalue weighted by atomic mass is 9.93. The van der Waals surface area contributed by atoms with E-state index < -0.39 is 84.8 Å². The summed E-state index contributed by atoms with van der Waals surface area (Å²) in [5, 5.41) is 0. The number of hydrogen-bond donors (Lipinski definition) is 0. The van der Waals surface area contributed by atoms with E-state index in [0.29, 0.717) is 0 Å². The molecule has 1 heterocycles. The van der Waals surface area contributed by atoms with Crippen LogP contribution in [-0.2, 0) is 56.4 Å². The van der Waals surface area contributed by atoms with Crippen LogP contribution < -0.4 is 0 Å².